The smallest absolute Gasteiger partial charge is 0.314 e. The average Bonchev–Trinajstić information content (AvgIpc) is 2.18. The fraction of sp³-hybridized carbons (Fsp3) is 0.364. The number of hydrogen-bond acceptors (Lipinski definition) is 2. The van der Waals surface area contributed by atoms with Gasteiger partial charge in [-0.25, -0.2) is 0 Å². The van der Waals surface area contributed by atoms with E-state index in [1.165, 1.54) is 0 Å². The first-order chi connectivity index (χ1) is 6.24. The second-order valence-corrected chi connectivity index (χ2v) is 3.04. The molecule has 1 atom stereocenters. The highest BCUT2D eigenvalue weighted by Gasteiger charge is 2.12. The molecule has 0 aliphatic carbocycles. The Kier molecular flexibility index (Phi) is 3.50. The van der Waals surface area contributed by atoms with E-state index in [0.29, 0.717) is 5.75 Å². The van der Waals surface area contributed by atoms with Gasteiger partial charge in [0.15, 0.2) is 0 Å². The Hall–Kier alpha value is -1.31. The van der Waals surface area contributed by atoms with Gasteiger partial charge < -0.3 is 4.74 Å². The van der Waals surface area contributed by atoms with Crippen LogP contribution in [0.15, 0.2) is 30.3 Å². The number of ether oxygens (including phenoxy) is 1. The SMILES string of the molecule is CCC(C)C(=O)Oc1ccccc1. The molecule has 0 bridgehead atoms. The van der Waals surface area contributed by atoms with Gasteiger partial charge in [-0.1, -0.05) is 32.0 Å². The van der Waals surface area contributed by atoms with E-state index in [-0.39, 0.29) is 11.9 Å². The lowest BCUT2D eigenvalue weighted by atomic mass is 10.1. The molecule has 1 rings (SSSR count). The second kappa shape index (κ2) is 4.65. The van der Waals surface area contributed by atoms with Crippen LogP contribution >= 0.6 is 0 Å². The summed E-state index contributed by atoms with van der Waals surface area (Å²) in [6.07, 6.45) is 0.811. The molecule has 0 aliphatic heterocycles. The minimum absolute atomic E-state index is 0.0276. The lowest BCUT2D eigenvalue weighted by Crippen LogP contribution is -2.16. The van der Waals surface area contributed by atoms with Gasteiger partial charge >= 0.3 is 5.97 Å². The van der Waals surface area contributed by atoms with E-state index in [0.717, 1.165) is 6.42 Å². The third kappa shape index (κ3) is 2.90. The van der Waals surface area contributed by atoms with Gasteiger partial charge in [-0.15, -0.1) is 0 Å². The molecular formula is C11H14O2. The zero-order chi connectivity index (χ0) is 9.68. The van der Waals surface area contributed by atoms with Gasteiger partial charge in [-0.05, 0) is 18.6 Å². The van der Waals surface area contributed by atoms with Gasteiger partial charge in [0.25, 0.3) is 0 Å². The van der Waals surface area contributed by atoms with Crippen LogP contribution < -0.4 is 4.74 Å². The highest BCUT2D eigenvalue weighted by Crippen LogP contribution is 2.12. The molecule has 0 spiro atoms. The minimum Gasteiger partial charge on any atom is -0.426 e. The molecule has 0 radical (unpaired) electrons. The van der Waals surface area contributed by atoms with Gasteiger partial charge in [-0.2, -0.15) is 0 Å². The van der Waals surface area contributed by atoms with Gasteiger partial charge in [-0.3, -0.25) is 4.79 Å². The van der Waals surface area contributed by atoms with Crippen molar-refractivity contribution in [3.8, 4) is 5.75 Å². The fourth-order valence-electron chi connectivity index (χ4n) is 0.872. The van der Waals surface area contributed by atoms with E-state index < -0.39 is 0 Å². The van der Waals surface area contributed by atoms with E-state index in [2.05, 4.69) is 0 Å². The Morgan fingerprint density at radius 1 is 1.38 bits per heavy atom. The van der Waals surface area contributed by atoms with Crippen LogP contribution in [0.1, 0.15) is 20.3 Å². The highest BCUT2D eigenvalue weighted by atomic mass is 16.5. The summed E-state index contributed by atoms with van der Waals surface area (Å²) >= 11 is 0. The lowest BCUT2D eigenvalue weighted by Gasteiger charge is -2.07. The Balaban J connectivity index is 2.55. The summed E-state index contributed by atoms with van der Waals surface area (Å²) < 4.78 is 5.13. The lowest BCUT2D eigenvalue weighted by molar-refractivity contribution is -0.138. The zero-order valence-electron chi connectivity index (χ0n) is 7.99. The molecule has 0 saturated heterocycles. The number of carbonyl (C=O) groups excluding carboxylic acids is 1. The van der Waals surface area contributed by atoms with E-state index in [1.807, 2.05) is 32.0 Å². The summed E-state index contributed by atoms with van der Waals surface area (Å²) in [6, 6.07) is 9.14. The molecule has 70 valence electrons. The number of carbonyl (C=O) groups is 1. The first-order valence-electron chi connectivity index (χ1n) is 4.50. The Morgan fingerprint density at radius 2 is 2.00 bits per heavy atom. The number of esters is 1. The van der Waals surface area contributed by atoms with Crippen LogP contribution in [0.5, 0.6) is 5.75 Å². The van der Waals surface area contributed by atoms with Gasteiger partial charge in [0.05, 0.1) is 5.92 Å². The molecule has 0 amide bonds. The van der Waals surface area contributed by atoms with E-state index in [1.54, 1.807) is 12.1 Å². The molecule has 0 saturated carbocycles. The van der Waals surface area contributed by atoms with Gasteiger partial charge in [0.1, 0.15) is 5.75 Å². The van der Waals surface area contributed by atoms with Gasteiger partial charge in [0, 0.05) is 0 Å². The molecule has 2 nitrogen and oxygen atoms in total. The van der Waals surface area contributed by atoms with E-state index in [4.69, 9.17) is 4.74 Å². The maximum atomic E-state index is 11.3. The first kappa shape index (κ1) is 9.78. The summed E-state index contributed by atoms with van der Waals surface area (Å²) in [5, 5.41) is 0. The van der Waals surface area contributed by atoms with Crippen LogP contribution in [-0.2, 0) is 4.79 Å². The molecule has 0 heterocycles. The highest BCUT2D eigenvalue weighted by molar-refractivity contribution is 5.74. The molecule has 1 aromatic rings. The normalized spacial score (nSPS) is 12.2. The molecule has 0 aliphatic rings. The molecule has 1 unspecified atom stereocenters. The third-order valence-corrected chi connectivity index (χ3v) is 1.98. The first-order valence-corrected chi connectivity index (χ1v) is 4.50. The summed E-state index contributed by atoms with van der Waals surface area (Å²) in [7, 11) is 0. The van der Waals surface area contributed by atoms with Crippen molar-refractivity contribution in [1.82, 2.24) is 0 Å². The Morgan fingerprint density at radius 3 is 2.54 bits per heavy atom. The van der Waals surface area contributed by atoms with Crippen molar-refractivity contribution < 1.29 is 9.53 Å². The predicted molar refractivity (Wildman–Crippen MR) is 51.5 cm³/mol. The number of rotatable bonds is 3. The van der Waals surface area contributed by atoms with Crippen molar-refractivity contribution in [1.29, 1.82) is 0 Å². The standard InChI is InChI=1S/C11H14O2/c1-3-9(2)11(12)13-10-7-5-4-6-8-10/h4-9H,3H2,1-2H3. The van der Waals surface area contributed by atoms with Crippen LogP contribution in [0.3, 0.4) is 0 Å². The quantitative estimate of drug-likeness (QED) is 0.525. The molecular weight excluding hydrogens is 164 g/mol. The van der Waals surface area contributed by atoms with Crippen LogP contribution in [-0.4, -0.2) is 5.97 Å². The van der Waals surface area contributed by atoms with Crippen LogP contribution in [0.2, 0.25) is 0 Å². The number of benzene rings is 1. The molecule has 0 aromatic heterocycles. The van der Waals surface area contributed by atoms with E-state index >= 15 is 0 Å². The summed E-state index contributed by atoms with van der Waals surface area (Å²) in [6.45, 7) is 3.84. The summed E-state index contributed by atoms with van der Waals surface area (Å²) in [5.41, 5.74) is 0. The fourth-order valence-corrected chi connectivity index (χ4v) is 0.872. The zero-order valence-corrected chi connectivity index (χ0v) is 7.99. The maximum Gasteiger partial charge on any atom is 0.314 e. The Labute approximate surface area is 78.5 Å². The summed E-state index contributed by atoms with van der Waals surface area (Å²) in [5.74, 6) is 0.432. The monoisotopic (exact) mass is 178 g/mol. The second-order valence-electron chi connectivity index (χ2n) is 3.04. The average molecular weight is 178 g/mol. The topological polar surface area (TPSA) is 26.3 Å². The Bertz CT molecular complexity index is 267. The van der Waals surface area contributed by atoms with Crippen molar-refractivity contribution in [2.24, 2.45) is 5.92 Å². The maximum absolute atomic E-state index is 11.3. The molecule has 0 fully saturated rings. The van der Waals surface area contributed by atoms with Crippen LogP contribution in [0.4, 0.5) is 0 Å². The van der Waals surface area contributed by atoms with E-state index in [9.17, 15) is 4.79 Å². The molecule has 1 aromatic carbocycles. The van der Waals surface area contributed by atoms with Crippen molar-refractivity contribution in [3.05, 3.63) is 30.3 Å². The van der Waals surface area contributed by atoms with Crippen molar-refractivity contribution in [2.45, 2.75) is 20.3 Å². The van der Waals surface area contributed by atoms with Crippen LogP contribution in [0, 0.1) is 5.92 Å². The van der Waals surface area contributed by atoms with Gasteiger partial charge in [0.2, 0.25) is 0 Å². The van der Waals surface area contributed by atoms with Crippen molar-refractivity contribution >= 4 is 5.97 Å². The molecule has 2 heteroatoms. The predicted octanol–water partition coefficient (Wildman–Crippen LogP) is 2.64. The van der Waals surface area contributed by atoms with Crippen molar-refractivity contribution in [2.75, 3.05) is 0 Å². The number of para-hydroxylation sites is 1. The molecule has 13 heavy (non-hydrogen) atoms. The summed E-state index contributed by atoms with van der Waals surface area (Å²) in [4.78, 5) is 11.3. The molecule has 0 N–H and O–H groups in total. The largest absolute Gasteiger partial charge is 0.426 e. The van der Waals surface area contributed by atoms with Crippen LogP contribution in [0.25, 0.3) is 0 Å². The number of hydrogen-bond donors (Lipinski definition) is 0. The third-order valence-electron chi connectivity index (χ3n) is 1.98. The van der Waals surface area contributed by atoms with Crippen molar-refractivity contribution in [3.63, 3.8) is 0 Å². The minimum atomic E-state index is -0.159.